The minimum atomic E-state index is 0.0780. The van der Waals surface area contributed by atoms with Crippen LogP contribution in [0.25, 0.3) is 0 Å². The summed E-state index contributed by atoms with van der Waals surface area (Å²) in [5.41, 5.74) is 0.0780. The molecule has 0 saturated heterocycles. The van der Waals surface area contributed by atoms with Crippen molar-refractivity contribution in [2.45, 2.75) is 39.3 Å². The quantitative estimate of drug-likeness (QED) is 0.771. The molecule has 0 bridgehead atoms. The first-order valence-electron chi connectivity index (χ1n) is 5.66. The Morgan fingerprint density at radius 2 is 2.20 bits per heavy atom. The van der Waals surface area contributed by atoms with Crippen LogP contribution in [0.5, 0.6) is 0 Å². The van der Waals surface area contributed by atoms with Gasteiger partial charge in [0.2, 0.25) is 0 Å². The van der Waals surface area contributed by atoms with Gasteiger partial charge in [-0.1, -0.05) is 19.9 Å². The Balaban J connectivity index is 2.58. The molecule has 0 radical (unpaired) electrons. The summed E-state index contributed by atoms with van der Waals surface area (Å²) in [6.45, 7) is 6.06. The fourth-order valence-electron chi connectivity index (χ4n) is 1.54. The van der Waals surface area contributed by atoms with E-state index in [1.165, 1.54) is 0 Å². The van der Waals surface area contributed by atoms with Crippen molar-refractivity contribution in [3.63, 3.8) is 0 Å². The molecule has 1 atom stereocenters. The van der Waals surface area contributed by atoms with Gasteiger partial charge in [-0.3, -0.25) is 4.79 Å². The monoisotopic (exact) mass is 208 g/mol. The molecule has 0 saturated carbocycles. The van der Waals surface area contributed by atoms with Crippen LogP contribution in [-0.2, 0) is 6.54 Å². The predicted octanol–water partition coefficient (Wildman–Crippen LogP) is 1.63. The van der Waals surface area contributed by atoms with E-state index in [1.807, 2.05) is 12.3 Å². The highest BCUT2D eigenvalue weighted by Crippen LogP contribution is 1.95. The van der Waals surface area contributed by atoms with Gasteiger partial charge in [-0.25, -0.2) is 0 Å². The van der Waals surface area contributed by atoms with Crippen molar-refractivity contribution in [2.24, 2.45) is 0 Å². The van der Waals surface area contributed by atoms with Gasteiger partial charge in [-0.15, -0.1) is 0 Å². The second-order valence-corrected chi connectivity index (χ2v) is 3.75. The Bertz CT molecular complexity index is 332. The Kier molecular flexibility index (Phi) is 5.12. The number of nitrogens with one attached hydrogen (secondary N) is 1. The maximum absolute atomic E-state index is 11.5. The normalized spacial score (nSPS) is 12.7. The Morgan fingerprint density at radius 1 is 1.40 bits per heavy atom. The van der Waals surface area contributed by atoms with E-state index in [-0.39, 0.29) is 5.56 Å². The highest BCUT2D eigenvalue weighted by Gasteiger charge is 2.05. The summed E-state index contributed by atoms with van der Waals surface area (Å²) in [5, 5.41) is 3.44. The van der Waals surface area contributed by atoms with Crippen LogP contribution in [0.15, 0.2) is 29.2 Å². The first kappa shape index (κ1) is 12.0. The van der Waals surface area contributed by atoms with Gasteiger partial charge in [0.15, 0.2) is 0 Å². The summed E-state index contributed by atoms with van der Waals surface area (Å²) in [6.07, 6.45) is 4.01. The van der Waals surface area contributed by atoms with Crippen LogP contribution >= 0.6 is 0 Å². The minimum Gasteiger partial charge on any atom is -0.314 e. The van der Waals surface area contributed by atoms with Crippen molar-refractivity contribution in [1.29, 1.82) is 0 Å². The van der Waals surface area contributed by atoms with E-state index in [2.05, 4.69) is 19.2 Å². The lowest BCUT2D eigenvalue weighted by molar-refractivity contribution is 0.431. The fraction of sp³-hybridized carbons (Fsp3) is 0.583. The van der Waals surface area contributed by atoms with Crippen molar-refractivity contribution in [2.75, 3.05) is 6.54 Å². The molecule has 3 nitrogen and oxygen atoms in total. The molecule has 15 heavy (non-hydrogen) atoms. The lowest BCUT2D eigenvalue weighted by atomic mass is 10.2. The van der Waals surface area contributed by atoms with E-state index >= 15 is 0 Å². The molecule has 0 aliphatic heterocycles. The van der Waals surface area contributed by atoms with E-state index in [9.17, 15) is 4.79 Å². The van der Waals surface area contributed by atoms with Crippen LogP contribution in [0, 0.1) is 0 Å². The molecule has 0 aliphatic carbocycles. The molecule has 0 aromatic carbocycles. The number of nitrogens with zero attached hydrogens (tertiary/aromatic N) is 1. The topological polar surface area (TPSA) is 34.0 Å². The van der Waals surface area contributed by atoms with Crippen molar-refractivity contribution < 1.29 is 0 Å². The van der Waals surface area contributed by atoms with Crippen LogP contribution in [0.1, 0.15) is 26.7 Å². The van der Waals surface area contributed by atoms with Crippen molar-refractivity contribution in [1.82, 2.24) is 9.88 Å². The van der Waals surface area contributed by atoms with Gasteiger partial charge >= 0.3 is 0 Å². The van der Waals surface area contributed by atoms with E-state index in [4.69, 9.17) is 0 Å². The third-order valence-electron chi connectivity index (χ3n) is 2.49. The molecule has 0 spiro atoms. The molecule has 3 heteroatoms. The molecule has 1 unspecified atom stereocenters. The maximum Gasteiger partial charge on any atom is 0.250 e. The van der Waals surface area contributed by atoms with Crippen molar-refractivity contribution >= 4 is 0 Å². The smallest absolute Gasteiger partial charge is 0.250 e. The van der Waals surface area contributed by atoms with Crippen LogP contribution in [0.2, 0.25) is 0 Å². The van der Waals surface area contributed by atoms with Gasteiger partial charge in [0.25, 0.3) is 5.56 Å². The fourth-order valence-corrected chi connectivity index (χ4v) is 1.54. The highest BCUT2D eigenvalue weighted by atomic mass is 16.1. The van der Waals surface area contributed by atoms with E-state index < -0.39 is 0 Å². The largest absolute Gasteiger partial charge is 0.314 e. The Morgan fingerprint density at radius 3 is 2.80 bits per heavy atom. The van der Waals surface area contributed by atoms with Crippen LogP contribution in [0.3, 0.4) is 0 Å². The molecule has 0 amide bonds. The highest BCUT2D eigenvalue weighted by molar-refractivity contribution is 4.93. The second-order valence-electron chi connectivity index (χ2n) is 3.75. The third kappa shape index (κ3) is 3.88. The first-order valence-corrected chi connectivity index (χ1v) is 5.66. The molecule has 1 heterocycles. The minimum absolute atomic E-state index is 0.0780. The molecule has 84 valence electrons. The maximum atomic E-state index is 11.5. The molecule has 0 fully saturated rings. The average molecular weight is 208 g/mol. The number of hydrogen-bond donors (Lipinski definition) is 1. The third-order valence-corrected chi connectivity index (χ3v) is 2.49. The molecular formula is C12H20N2O. The molecule has 1 rings (SSSR count). The lowest BCUT2D eigenvalue weighted by Crippen LogP contribution is -2.36. The summed E-state index contributed by atoms with van der Waals surface area (Å²) in [4.78, 5) is 11.5. The summed E-state index contributed by atoms with van der Waals surface area (Å²) >= 11 is 0. The van der Waals surface area contributed by atoms with Gasteiger partial charge in [0, 0.05) is 24.8 Å². The summed E-state index contributed by atoms with van der Waals surface area (Å²) < 4.78 is 1.76. The van der Waals surface area contributed by atoms with Crippen LogP contribution in [0.4, 0.5) is 0 Å². The molecule has 1 N–H and O–H groups in total. The average Bonchev–Trinajstić information content (AvgIpc) is 2.26. The molecule has 1 aromatic heterocycles. The van der Waals surface area contributed by atoms with Crippen molar-refractivity contribution in [3.8, 4) is 0 Å². The Hall–Kier alpha value is -1.09. The van der Waals surface area contributed by atoms with Crippen LogP contribution in [-0.4, -0.2) is 17.2 Å². The number of aromatic nitrogens is 1. The van der Waals surface area contributed by atoms with E-state index in [0.717, 1.165) is 25.9 Å². The zero-order chi connectivity index (χ0) is 11.1. The predicted molar refractivity (Wildman–Crippen MR) is 63.1 cm³/mol. The van der Waals surface area contributed by atoms with Crippen molar-refractivity contribution in [3.05, 3.63) is 34.7 Å². The first-order chi connectivity index (χ1) is 7.27. The van der Waals surface area contributed by atoms with E-state index in [1.54, 1.807) is 16.7 Å². The van der Waals surface area contributed by atoms with Gasteiger partial charge < -0.3 is 9.88 Å². The number of pyridine rings is 1. The second kappa shape index (κ2) is 6.40. The summed E-state index contributed by atoms with van der Waals surface area (Å²) in [6, 6.07) is 5.67. The van der Waals surface area contributed by atoms with Gasteiger partial charge in [-0.05, 0) is 25.5 Å². The number of hydrogen-bond acceptors (Lipinski definition) is 2. The summed E-state index contributed by atoms with van der Waals surface area (Å²) in [5.74, 6) is 0. The van der Waals surface area contributed by atoms with Crippen LogP contribution < -0.4 is 10.9 Å². The molecule has 0 aliphatic rings. The zero-order valence-electron chi connectivity index (χ0n) is 9.57. The number of rotatable bonds is 6. The van der Waals surface area contributed by atoms with E-state index in [0.29, 0.717) is 6.04 Å². The van der Waals surface area contributed by atoms with Gasteiger partial charge in [0.05, 0.1) is 0 Å². The SMILES string of the molecule is CCCNC(CC)Cn1ccccc1=O. The molecule has 1 aromatic rings. The van der Waals surface area contributed by atoms with Gasteiger partial charge in [0.1, 0.15) is 0 Å². The summed E-state index contributed by atoms with van der Waals surface area (Å²) in [7, 11) is 0. The van der Waals surface area contributed by atoms with Gasteiger partial charge in [-0.2, -0.15) is 0 Å². The zero-order valence-corrected chi connectivity index (χ0v) is 9.57. The lowest BCUT2D eigenvalue weighted by Gasteiger charge is -2.17. The Labute approximate surface area is 91.1 Å². The molecular weight excluding hydrogens is 188 g/mol. The standard InChI is InChI=1S/C12H20N2O/c1-3-8-13-11(4-2)10-14-9-6-5-7-12(14)15/h5-7,9,11,13H,3-4,8,10H2,1-2H3.